The summed E-state index contributed by atoms with van der Waals surface area (Å²) >= 11 is 0. The minimum Gasteiger partial charge on any atom is -0.337 e. The largest absolute Gasteiger partial charge is 0.337 e. The minimum absolute atomic E-state index is 0.0635. The van der Waals surface area contributed by atoms with Gasteiger partial charge >= 0.3 is 0 Å². The smallest absolute Gasteiger partial charge is 0.276 e. The number of H-pyrrole nitrogens is 1. The third-order valence-electron chi connectivity index (χ3n) is 5.85. The van der Waals surface area contributed by atoms with Crippen LogP contribution >= 0.6 is 0 Å². The summed E-state index contributed by atoms with van der Waals surface area (Å²) in [6, 6.07) is 2.08. The minimum atomic E-state index is -0.152. The van der Waals surface area contributed by atoms with Gasteiger partial charge in [-0.25, -0.2) is 9.67 Å². The average Bonchev–Trinajstić information content (AvgIpc) is 3.17. The molecule has 2 aliphatic rings. The molecule has 1 unspecified atom stereocenters. The fraction of sp³-hybridized carbons (Fsp3) is 0.632. The molecular formula is C19H27N7O2. The highest BCUT2D eigenvalue weighted by molar-refractivity contribution is 5.92. The molecule has 150 valence electrons. The molecule has 0 aromatic carbocycles. The number of rotatable bonds is 3. The first-order valence-corrected chi connectivity index (χ1v) is 10.0. The summed E-state index contributed by atoms with van der Waals surface area (Å²) in [4.78, 5) is 33.7. The van der Waals surface area contributed by atoms with E-state index in [1.165, 1.54) is 6.07 Å². The number of aryl methyl sites for hydroxylation is 1. The van der Waals surface area contributed by atoms with Crippen LogP contribution in [0.1, 0.15) is 72.5 Å². The summed E-state index contributed by atoms with van der Waals surface area (Å²) < 4.78 is 1.82. The Morgan fingerprint density at radius 3 is 2.79 bits per heavy atom. The van der Waals surface area contributed by atoms with E-state index in [9.17, 15) is 9.59 Å². The number of piperidine rings is 1. The van der Waals surface area contributed by atoms with Gasteiger partial charge in [0.25, 0.3) is 11.5 Å². The Morgan fingerprint density at radius 2 is 2.04 bits per heavy atom. The van der Waals surface area contributed by atoms with Gasteiger partial charge in [-0.3, -0.25) is 9.59 Å². The molecule has 1 aliphatic heterocycles. The van der Waals surface area contributed by atoms with Crippen molar-refractivity contribution in [2.45, 2.75) is 63.5 Å². The predicted molar refractivity (Wildman–Crippen MR) is 103 cm³/mol. The van der Waals surface area contributed by atoms with Crippen molar-refractivity contribution in [1.82, 2.24) is 29.9 Å². The van der Waals surface area contributed by atoms with Crippen LogP contribution in [-0.4, -0.2) is 54.9 Å². The monoisotopic (exact) mass is 385 g/mol. The van der Waals surface area contributed by atoms with Crippen molar-refractivity contribution in [2.75, 3.05) is 13.1 Å². The lowest BCUT2D eigenvalue weighted by Gasteiger charge is -2.32. The molecule has 0 spiro atoms. The van der Waals surface area contributed by atoms with Gasteiger partial charge in [0, 0.05) is 31.1 Å². The Morgan fingerprint density at radius 1 is 1.25 bits per heavy atom. The van der Waals surface area contributed by atoms with Crippen LogP contribution in [0.5, 0.6) is 0 Å². The van der Waals surface area contributed by atoms with Crippen molar-refractivity contribution in [3.63, 3.8) is 0 Å². The second-order valence-electron chi connectivity index (χ2n) is 8.00. The molecular weight excluding hydrogens is 358 g/mol. The molecule has 3 N–H and O–H groups in total. The summed E-state index contributed by atoms with van der Waals surface area (Å²) in [7, 11) is 0. The molecule has 2 aromatic heterocycles. The van der Waals surface area contributed by atoms with Gasteiger partial charge in [-0.2, -0.15) is 0 Å². The van der Waals surface area contributed by atoms with Crippen LogP contribution < -0.4 is 11.3 Å². The Bertz CT molecular complexity index is 898. The molecule has 1 atom stereocenters. The number of hydrogen-bond donors (Lipinski definition) is 2. The van der Waals surface area contributed by atoms with Crippen LogP contribution in [-0.2, 0) is 0 Å². The number of nitrogens with two attached hydrogens (primary N) is 1. The van der Waals surface area contributed by atoms with Crippen LogP contribution in [0.25, 0.3) is 0 Å². The fourth-order valence-electron chi connectivity index (χ4n) is 4.30. The Hall–Kier alpha value is -2.55. The van der Waals surface area contributed by atoms with E-state index in [2.05, 4.69) is 20.3 Å². The van der Waals surface area contributed by atoms with Crippen LogP contribution in [0.3, 0.4) is 0 Å². The zero-order chi connectivity index (χ0) is 19.7. The van der Waals surface area contributed by atoms with E-state index in [4.69, 9.17) is 5.73 Å². The quantitative estimate of drug-likeness (QED) is 0.816. The maximum absolute atomic E-state index is 13.0. The lowest BCUT2D eigenvalue weighted by molar-refractivity contribution is 0.0699. The Labute approximate surface area is 163 Å². The van der Waals surface area contributed by atoms with Crippen LogP contribution in [0, 0.1) is 6.92 Å². The molecule has 1 aliphatic carbocycles. The molecule has 28 heavy (non-hydrogen) atoms. The van der Waals surface area contributed by atoms with Crippen molar-refractivity contribution in [2.24, 2.45) is 5.73 Å². The summed E-state index contributed by atoms with van der Waals surface area (Å²) in [6.07, 6.45) is 7.44. The van der Waals surface area contributed by atoms with E-state index in [0.29, 0.717) is 24.6 Å². The highest BCUT2D eigenvalue weighted by Crippen LogP contribution is 2.28. The maximum atomic E-state index is 13.0. The van der Waals surface area contributed by atoms with Crippen molar-refractivity contribution in [3.8, 4) is 0 Å². The molecule has 2 fully saturated rings. The van der Waals surface area contributed by atoms with Crippen molar-refractivity contribution in [1.29, 1.82) is 0 Å². The first-order chi connectivity index (χ1) is 13.5. The molecule has 9 nitrogen and oxygen atoms in total. The third-order valence-corrected chi connectivity index (χ3v) is 5.85. The normalized spacial score (nSPS) is 25.6. The van der Waals surface area contributed by atoms with E-state index < -0.39 is 0 Å². The number of hydrogen-bond acceptors (Lipinski definition) is 6. The molecule has 3 heterocycles. The number of nitrogens with one attached hydrogen (secondary N) is 1. The van der Waals surface area contributed by atoms with Crippen molar-refractivity contribution in [3.05, 3.63) is 39.8 Å². The summed E-state index contributed by atoms with van der Waals surface area (Å²) in [6.45, 7) is 3.00. The van der Waals surface area contributed by atoms with Gasteiger partial charge in [-0.15, -0.1) is 5.10 Å². The first kappa shape index (κ1) is 18.8. The van der Waals surface area contributed by atoms with Gasteiger partial charge in [0.05, 0.1) is 17.9 Å². The van der Waals surface area contributed by atoms with E-state index in [-0.39, 0.29) is 29.5 Å². The standard InChI is InChI=1S/C19H27N7O2/c1-12-21-16(9-18(27)22-12)13-3-2-8-25(10-13)19(28)17-11-26(24-23-17)15-6-4-14(20)5-7-15/h9,11,13-15H,2-8,10,20H2,1H3,(H,21,22,27). The molecule has 9 heteroatoms. The lowest BCUT2D eigenvalue weighted by Crippen LogP contribution is -2.39. The molecule has 0 bridgehead atoms. The van der Waals surface area contributed by atoms with Crippen molar-refractivity contribution >= 4 is 5.91 Å². The van der Waals surface area contributed by atoms with Crippen LogP contribution in [0.2, 0.25) is 0 Å². The number of likely N-dealkylation sites (tertiary alicyclic amines) is 1. The molecule has 1 saturated heterocycles. The summed E-state index contributed by atoms with van der Waals surface area (Å²) in [5.74, 6) is 0.555. The third kappa shape index (κ3) is 3.99. The zero-order valence-corrected chi connectivity index (χ0v) is 16.2. The maximum Gasteiger partial charge on any atom is 0.276 e. The van der Waals surface area contributed by atoms with E-state index >= 15 is 0 Å². The second-order valence-corrected chi connectivity index (χ2v) is 8.00. The topological polar surface area (TPSA) is 123 Å². The molecule has 1 saturated carbocycles. The lowest BCUT2D eigenvalue weighted by atomic mass is 9.92. The van der Waals surface area contributed by atoms with Crippen molar-refractivity contribution < 1.29 is 4.79 Å². The van der Waals surface area contributed by atoms with E-state index in [1.54, 1.807) is 18.0 Å². The number of carbonyl (C=O) groups is 1. The number of carbonyl (C=O) groups excluding carboxylic acids is 1. The Kier molecular flexibility index (Phi) is 5.25. The average molecular weight is 385 g/mol. The van der Waals surface area contributed by atoms with Crippen LogP contribution in [0.15, 0.2) is 17.1 Å². The first-order valence-electron chi connectivity index (χ1n) is 10.0. The number of amides is 1. The van der Waals surface area contributed by atoms with Gasteiger partial charge in [0.2, 0.25) is 0 Å². The van der Waals surface area contributed by atoms with Gasteiger partial charge in [0.15, 0.2) is 5.69 Å². The Balaban J connectivity index is 1.45. The predicted octanol–water partition coefficient (Wildman–Crippen LogP) is 1.13. The van der Waals surface area contributed by atoms with E-state index in [1.807, 2.05) is 4.68 Å². The molecule has 4 rings (SSSR count). The van der Waals surface area contributed by atoms with Gasteiger partial charge in [0.1, 0.15) is 5.82 Å². The molecule has 1 amide bonds. The van der Waals surface area contributed by atoms with Gasteiger partial charge in [-0.1, -0.05) is 5.21 Å². The second kappa shape index (κ2) is 7.83. The number of nitrogens with zero attached hydrogens (tertiary/aromatic N) is 5. The zero-order valence-electron chi connectivity index (χ0n) is 16.2. The summed E-state index contributed by atoms with van der Waals surface area (Å²) in [5, 5.41) is 8.33. The number of aromatic amines is 1. The fourth-order valence-corrected chi connectivity index (χ4v) is 4.30. The van der Waals surface area contributed by atoms with Gasteiger partial charge < -0.3 is 15.6 Å². The SMILES string of the molecule is Cc1nc(C2CCCN(C(=O)c3cn(C4CCC(N)CC4)nn3)C2)cc(=O)[nH]1. The van der Waals surface area contributed by atoms with Crippen LogP contribution in [0.4, 0.5) is 0 Å². The number of aromatic nitrogens is 5. The highest BCUT2D eigenvalue weighted by atomic mass is 16.2. The summed E-state index contributed by atoms with van der Waals surface area (Å²) in [5.41, 5.74) is 6.95. The van der Waals surface area contributed by atoms with E-state index in [0.717, 1.165) is 44.2 Å². The van der Waals surface area contributed by atoms with Gasteiger partial charge in [-0.05, 0) is 45.4 Å². The molecule has 2 aromatic rings. The molecule has 0 radical (unpaired) electrons. The highest BCUT2D eigenvalue weighted by Gasteiger charge is 2.29.